The van der Waals surface area contributed by atoms with Crippen molar-refractivity contribution in [2.24, 2.45) is 5.10 Å². The van der Waals surface area contributed by atoms with Crippen molar-refractivity contribution >= 4 is 32.4 Å². The number of hydrogen-bond acceptors (Lipinski definition) is 6. The highest BCUT2D eigenvalue weighted by Crippen LogP contribution is 2.25. The van der Waals surface area contributed by atoms with Gasteiger partial charge in [0.25, 0.3) is 0 Å². The van der Waals surface area contributed by atoms with Gasteiger partial charge in [-0.1, -0.05) is 37.3 Å². The van der Waals surface area contributed by atoms with Crippen molar-refractivity contribution in [3.05, 3.63) is 53.6 Å². The molecule has 0 unspecified atom stereocenters. The number of rotatable bonds is 7. The molecule has 6 heteroatoms. The van der Waals surface area contributed by atoms with E-state index in [2.05, 4.69) is 34.3 Å². The van der Waals surface area contributed by atoms with Crippen LogP contribution in [-0.4, -0.2) is 33.8 Å². The van der Waals surface area contributed by atoms with Crippen LogP contribution in [0.3, 0.4) is 0 Å². The molecule has 0 fully saturated rings. The molecule has 0 aliphatic carbocycles. The van der Waals surface area contributed by atoms with Crippen molar-refractivity contribution in [1.82, 2.24) is 9.88 Å². The zero-order valence-corrected chi connectivity index (χ0v) is 16.2. The number of aromatic hydroxyl groups is 1. The number of phenolic OH excluding ortho intramolecular Hbond substituents is 1. The maximum atomic E-state index is 10.2. The lowest BCUT2D eigenvalue weighted by atomic mass is 10.1. The first kappa shape index (κ1) is 18.4. The number of hydrogen-bond donors (Lipinski definition) is 2. The van der Waals surface area contributed by atoms with Gasteiger partial charge in [-0.25, -0.2) is 4.98 Å². The van der Waals surface area contributed by atoms with Crippen molar-refractivity contribution < 1.29 is 5.11 Å². The minimum absolute atomic E-state index is 0.326. The summed E-state index contributed by atoms with van der Waals surface area (Å²) in [5.41, 5.74) is 6.78. The van der Waals surface area contributed by atoms with Gasteiger partial charge in [0.05, 0.1) is 15.9 Å². The number of benzene rings is 2. The van der Waals surface area contributed by atoms with E-state index in [0.29, 0.717) is 5.75 Å². The molecule has 3 rings (SSSR count). The maximum Gasteiger partial charge on any atom is 0.204 e. The Hall–Kier alpha value is -2.44. The summed E-state index contributed by atoms with van der Waals surface area (Å²) in [6.45, 7) is 8.83. The first-order valence-corrected chi connectivity index (χ1v) is 9.62. The summed E-state index contributed by atoms with van der Waals surface area (Å²) >= 11 is 1.58. The summed E-state index contributed by atoms with van der Waals surface area (Å²) in [5, 5.41) is 15.4. The Morgan fingerprint density at radius 3 is 2.69 bits per heavy atom. The fraction of sp³-hybridized carbons (Fsp3) is 0.300. The lowest BCUT2D eigenvalue weighted by Crippen LogP contribution is -2.22. The van der Waals surface area contributed by atoms with Crippen molar-refractivity contribution in [3.63, 3.8) is 0 Å². The predicted octanol–water partition coefficient (Wildman–Crippen LogP) is 4.68. The number of anilines is 1. The Morgan fingerprint density at radius 2 is 1.96 bits per heavy atom. The molecule has 5 nitrogen and oxygen atoms in total. The number of hydrazone groups is 1. The van der Waals surface area contributed by atoms with Gasteiger partial charge in [0.1, 0.15) is 5.75 Å². The Kier molecular flexibility index (Phi) is 5.85. The van der Waals surface area contributed by atoms with Gasteiger partial charge in [0, 0.05) is 12.1 Å². The van der Waals surface area contributed by atoms with Crippen molar-refractivity contribution in [1.29, 1.82) is 0 Å². The highest BCUT2D eigenvalue weighted by molar-refractivity contribution is 7.22. The first-order chi connectivity index (χ1) is 12.6. The molecular formula is C20H24N4OS. The summed E-state index contributed by atoms with van der Waals surface area (Å²) in [6, 6.07) is 13.7. The van der Waals surface area contributed by atoms with E-state index >= 15 is 0 Å². The second-order valence-electron chi connectivity index (χ2n) is 6.10. The molecule has 2 N–H and O–H groups in total. The van der Waals surface area contributed by atoms with Gasteiger partial charge < -0.3 is 5.11 Å². The van der Waals surface area contributed by atoms with Crippen LogP contribution in [0.4, 0.5) is 5.13 Å². The van der Waals surface area contributed by atoms with Gasteiger partial charge >= 0.3 is 0 Å². The fourth-order valence-corrected chi connectivity index (χ4v) is 3.55. The number of phenols is 1. The molecule has 0 saturated heterocycles. The summed E-state index contributed by atoms with van der Waals surface area (Å²) in [7, 11) is 0. The summed E-state index contributed by atoms with van der Waals surface area (Å²) in [4.78, 5) is 6.79. The Balaban J connectivity index is 1.77. The van der Waals surface area contributed by atoms with E-state index in [1.54, 1.807) is 17.4 Å². The van der Waals surface area contributed by atoms with Crippen LogP contribution >= 0.6 is 11.3 Å². The Morgan fingerprint density at radius 1 is 1.19 bits per heavy atom. The number of para-hydroxylation sites is 1. The van der Waals surface area contributed by atoms with Gasteiger partial charge in [-0.05, 0) is 55.9 Å². The Labute approximate surface area is 158 Å². The largest absolute Gasteiger partial charge is 0.508 e. The summed E-state index contributed by atoms with van der Waals surface area (Å²) in [6.07, 6.45) is 0. The topological polar surface area (TPSA) is 60.8 Å². The van der Waals surface area contributed by atoms with Gasteiger partial charge in [0.15, 0.2) is 0 Å². The molecule has 0 amide bonds. The third-order valence-corrected chi connectivity index (χ3v) is 5.34. The molecule has 0 aliphatic heterocycles. The quantitative estimate of drug-likeness (QED) is 0.469. The van der Waals surface area contributed by atoms with Crippen LogP contribution < -0.4 is 5.43 Å². The molecule has 26 heavy (non-hydrogen) atoms. The van der Waals surface area contributed by atoms with Crippen LogP contribution in [0.2, 0.25) is 0 Å². The highest BCUT2D eigenvalue weighted by Gasteiger charge is 2.09. The molecule has 0 spiro atoms. The summed E-state index contributed by atoms with van der Waals surface area (Å²) < 4.78 is 1.13. The summed E-state index contributed by atoms with van der Waals surface area (Å²) in [5.74, 6) is 0.326. The van der Waals surface area contributed by atoms with Crippen molar-refractivity contribution in [2.45, 2.75) is 27.3 Å². The maximum absolute atomic E-state index is 10.2. The first-order valence-electron chi connectivity index (χ1n) is 8.81. The van der Waals surface area contributed by atoms with Crippen molar-refractivity contribution in [3.8, 4) is 5.75 Å². The number of aromatic nitrogens is 1. The molecule has 1 aromatic heterocycles. The molecule has 0 bridgehead atoms. The third kappa shape index (κ3) is 4.20. The molecule has 3 aromatic rings. The molecule has 0 saturated carbocycles. The fourth-order valence-electron chi connectivity index (χ4n) is 2.74. The van der Waals surface area contributed by atoms with Crippen LogP contribution in [0.5, 0.6) is 5.75 Å². The van der Waals surface area contributed by atoms with E-state index in [0.717, 1.165) is 51.8 Å². The molecule has 0 atom stereocenters. The van der Waals surface area contributed by atoms with Crippen LogP contribution in [0.25, 0.3) is 10.2 Å². The van der Waals surface area contributed by atoms with E-state index in [9.17, 15) is 5.11 Å². The Bertz CT molecular complexity index is 882. The lowest BCUT2D eigenvalue weighted by Gasteiger charge is -2.19. The average Bonchev–Trinajstić information content (AvgIpc) is 3.08. The zero-order valence-electron chi connectivity index (χ0n) is 15.4. The molecular weight excluding hydrogens is 344 g/mol. The van der Waals surface area contributed by atoms with Crippen LogP contribution in [0.1, 0.15) is 31.9 Å². The minimum Gasteiger partial charge on any atom is -0.508 e. The monoisotopic (exact) mass is 368 g/mol. The third-order valence-electron chi connectivity index (χ3n) is 4.40. The highest BCUT2D eigenvalue weighted by atomic mass is 32.1. The number of thiazole rings is 1. The zero-order chi connectivity index (χ0) is 18.5. The van der Waals surface area contributed by atoms with Crippen LogP contribution in [0, 0.1) is 0 Å². The molecule has 2 aromatic carbocycles. The van der Waals surface area contributed by atoms with E-state index in [-0.39, 0.29) is 0 Å². The SMILES string of the molecule is CCN(CC)Cc1cc(/C(C)=N/Nc2nc3ccccc3s2)ccc1O. The molecule has 0 radical (unpaired) electrons. The van der Waals surface area contributed by atoms with E-state index in [4.69, 9.17) is 0 Å². The number of fused-ring (bicyclic) bond motifs is 1. The second kappa shape index (κ2) is 8.29. The standard InChI is InChI=1S/C20H24N4OS/c1-4-24(5-2)13-16-12-15(10-11-18(16)25)14(3)22-23-20-21-17-8-6-7-9-19(17)26-20/h6-12,25H,4-5,13H2,1-3H3,(H,21,23)/b22-14+. The number of nitrogens with zero attached hydrogens (tertiary/aromatic N) is 3. The van der Waals surface area contributed by atoms with Crippen molar-refractivity contribution in [2.75, 3.05) is 18.5 Å². The van der Waals surface area contributed by atoms with Gasteiger partial charge in [-0.15, -0.1) is 0 Å². The molecule has 136 valence electrons. The normalized spacial score (nSPS) is 12.1. The number of nitrogens with one attached hydrogen (secondary N) is 1. The average molecular weight is 369 g/mol. The van der Waals surface area contributed by atoms with Crippen LogP contribution in [-0.2, 0) is 6.54 Å². The minimum atomic E-state index is 0.326. The van der Waals surface area contributed by atoms with E-state index in [1.807, 2.05) is 43.3 Å². The lowest BCUT2D eigenvalue weighted by molar-refractivity contribution is 0.291. The van der Waals surface area contributed by atoms with Gasteiger partial charge in [-0.2, -0.15) is 5.10 Å². The van der Waals surface area contributed by atoms with Gasteiger partial charge in [0.2, 0.25) is 5.13 Å². The molecule has 0 aliphatic rings. The second-order valence-corrected chi connectivity index (χ2v) is 7.13. The van der Waals surface area contributed by atoms with E-state index in [1.165, 1.54) is 0 Å². The molecule has 1 heterocycles. The van der Waals surface area contributed by atoms with Crippen LogP contribution in [0.15, 0.2) is 47.6 Å². The predicted molar refractivity (Wildman–Crippen MR) is 110 cm³/mol. The van der Waals surface area contributed by atoms with Gasteiger partial charge in [-0.3, -0.25) is 10.3 Å². The smallest absolute Gasteiger partial charge is 0.204 e. The van der Waals surface area contributed by atoms with E-state index < -0.39 is 0 Å².